The van der Waals surface area contributed by atoms with E-state index in [9.17, 15) is 9.59 Å². The van der Waals surface area contributed by atoms with Crippen molar-refractivity contribution in [1.82, 2.24) is 4.98 Å². The van der Waals surface area contributed by atoms with Crippen LogP contribution in [0.25, 0.3) is 10.2 Å². The molecule has 2 amide bonds. The second-order valence-corrected chi connectivity index (χ2v) is 7.30. The van der Waals surface area contributed by atoms with Crippen molar-refractivity contribution in [2.24, 2.45) is 0 Å². The summed E-state index contributed by atoms with van der Waals surface area (Å²) >= 11 is 1.49. The Morgan fingerprint density at radius 3 is 2.85 bits per heavy atom. The zero-order chi connectivity index (χ0) is 19.0. The summed E-state index contributed by atoms with van der Waals surface area (Å²) in [5.74, 6) is 0.223. The van der Waals surface area contributed by atoms with Crippen LogP contribution in [0.2, 0.25) is 0 Å². The quantitative estimate of drug-likeness (QED) is 0.695. The third-order valence-electron chi connectivity index (χ3n) is 4.56. The minimum Gasteiger partial charge on any atom is -0.482 e. The maximum absolute atomic E-state index is 13.0. The van der Waals surface area contributed by atoms with Gasteiger partial charge in [0.15, 0.2) is 11.7 Å². The summed E-state index contributed by atoms with van der Waals surface area (Å²) in [5.41, 5.74) is 2.62. The van der Waals surface area contributed by atoms with E-state index < -0.39 is 0 Å². The van der Waals surface area contributed by atoms with E-state index in [-0.39, 0.29) is 25.0 Å². The fourth-order valence-corrected chi connectivity index (χ4v) is 4.28. The Labute approximate surface area is 161 Å². The molecular weight excluding hydrogens is 362 g/mol. The van der Waals surface area contributed by atoms with Crippen LogP contribution in [-0.4, -0.2) is 36.5 Å². The molecule has 0 N–H and O–H groups in total. The molecule has 0 atom stereocenters. The van der Waals surface area contributed by atoms with Crippen LogP contribution in [0.3, 0.4) is 0 Å². The molecule has 6 nitrogen and oxygen atoms in total. The van der Waals surface area contributed by atoms with Crippen LogP contribution < -0.4 is 14.5 Å². The lowest BCUT2D eigenvalue weighted by Crippen LogP contribution is -2.46. The van der Waals surface area contributed by atoms with Gasteiger partial charge >= 0.3 is 0 Å². The van der Waals surface area contributed by atoms with Gasteiger partial charge in [-0.25, -0.2) is 4.98 Å². The van der Waals surface area contributed by atoms with Crippen LogP contribution in [0.5, 0.6) is 5.75 Å². The minimum atomic E-state index is -0.224. The van der Waals surface area contributed by atoms with Gasteiger partial charge < -0.3 is 4.74 Å². The van der Waals surface area contributed by atoms with Gasteiger partial charge in [-0.05, 0) is 37.6 Å². The van der Waals surface area contributed by atoms with Gasteiger partial charge in [-0.15, -0.1) is 0 Å². The van der Waals surface area contributed by atoms with E-state index in [0.717, 1.165) is 15.8 Å². The van der Waals surface area contributed by atoms with Crippen molar-refractivity contribution in [3.8, 4) is 5.75 Å². The molecule has 0 aliphatic carbocycles. The first-order chi connectivity index (χ1) is 13.1. The van der Waals surface area contributed by atoms with Crippen molar-refractivity contribution >= 4 is 44.2 Å². The number of carbonyl (C=O) groups is 2. The number of aromatic nitrogens is 1. The number of aryl methyl sites for hydroxylation is 1. The number of anilines is 2. The molecule has 0 spiro atoms. The van der Waals surface area contributed by atoms with E-state index >= 15 is 0 Å². The lowest BCUT2D eigenvalue weighted by Gasteiger charge is -2.30. The van der Waals surface area contributed by atoms with Gasteiger partial charge in [-0.3, -0.25) is 19.4 Å². The molecule has 1 aromatic heterocycles. The molecular formula is C20H19N3O3S. The maximum Gasteiger partial charge on any atom is 0.265 e. The van der Waals surface area contributed by atoms with Crippen LogP contribution in [0, 0.1) is 6.92 Å². The monoisotopic (exact) mass is 381 g/mol. The number of fused-ring (bicyclic) bond motifs is 2. The minimum absolute atomic E-state index is 0.0397. The number of benzene rings is 2. The van der Waals surface area contributed by atoms with Crippen molar-refractivity contribution in [3.05, 3.63) is 48.0 Å². The summed E-state index contributed by atoms with van der Waals surface area (Å²) in [6, 6.07) is 13.3. The van der Waals surface area contributed by atoms with Gasteiger partial charge in [0.2, 0.25) is 5.91 Å². The summed E-state index contributed by atoms with van der Waals surface area (Å²) in [4.78, 5) is 33.1. The lowest BCUT2D eigenvalue weighted by atomic mass is 10.2. The van der Waals surface area contributed by atoms with Gasteiger partial charge in [0.05, 0.1) is 15.9 Å². The molecule has 0 unspecified atom stereocenters. The Bertz CT molecular complexity index is 1030. The molecule has 3 aromatic rings. The molecule has 138 valence electrons. The zero-order valence-corrected chi connectivity index (χ0v) is 16.0. The average Bonchev–Trinajstić information content (AvgIpc) is 3.10. The second kappa shape index (κ2) is 7.00. The third kappa shape index (κ3) is 3.14. The molecule has 1 aliphatic heterocycles. The molecule has 0 bridgehead atoms. The van der Waals surface area contributed by atoms with E-state index in [0.29, 0.717) is 23.1 Å². The second-order valence-electron chi connectivity index (χ2n) is 6.29. The Morgan fingerprint density at radius 1 is 1.26 bits per heavy atom. The highest BCUT2D eigenvalue weighted by Crippen LogP contribution is 2.33. The van der Waals surface area contributed by atoms with Crippen molar-refractivity contribution in [2.75, 3.05) is 29.5 Å². The van der Waals surface area contributed by atoms with Gasteiger partial charge in [0, 0.05) is 6.54 Å². The van der Waals surface area contributed by atoms with Crippen molar-refractivity contribution < 1.29 is 14.3 Å². The summed E-state index contributed by atoms with van der Waals surface area (Å²) in [6.07, 6.45) is 0. The summed E-state index contributed by atoms with van der Waals surface area (Å²) in [7, 11) is 0. The number of amides is 2. The standard InChI is InChI=1S/C20H19N3O3S/c1-3-22(20-21-19-13(2)7-6-10-16(19)27-20)17(24)11-23-14-8-4-5-9-15(14)26-12-18(23)25/h4-10H,3,11-12H2,1-2H3. The maximum atomic E-state index is 13.0. The highest BCUT2D eigenvalue weighted by Gasteiger charge is 2.29. The largest absolute Gasteiger partial charge is 0.482 e. The van der Waals surface area contributed by atoms with Gasteiger partial charge in [-0.2, -0.15) is 0 Å². The van der Waals surface area contributed by atoms with Crippen LogP contribution in [0.15, 0.2) is 42.5 Å². The molecule has 2 aromatic carbocycles. The highest BCUT2D eigenvalue weighted by molar-refractivity contribution is 7.22. The molecule has 0 radical (unpaired) electrons. The van der Waals surface area contributed by atoms with E-state index in [4.69, 9.17) is 4.74 Å². The fourth-order valence-electron chi connectivity index (χ4n) is 3.16. The Kier molecular flexibility index (Phi) is 4.53. The van der Waals surface area contributed by atoms with Crippen LogP contribution in [-0.2, 0) is 9.59 Å². The number of nitrogens with zero attached hydrogens (tertiary/aromatic N) is 3. The molecule has 0 saturated carbocycles. The normalized spacial score (nSPS) is 13.4. The Balaban J connectivity index is 1.62. The third-order valence-corrected chi connectivity index (χ3v) is 5.60. The van der Waals surface area contributed by atoms with E-state index in [1.165, 1.54) is 16.2 Å². The van der Waals surface area contributed by atoms with E-state index in [2.05, 4.69) is 4.98 Å². The van der Waals surface area contributed by atoms with Crippen molar-refractivity contribution in [3.63, 3.8) is 0 Å². The van der Waals surface area contributed by atoms with Gasteiger partial charge in [0.1, 0.15) is 12.3 Å². The highest BCUT2D eigenvalue weighted by atomic mass is 32.1. The summed E-state index contributed by atoms with van der Waals surface area (Å²) in [5, 5.41) is 0.654. The van der Waals surface area contributed by atoms with Crippen molar-refractivity contribution in [2.45, 2.75) is 13.8 Å². The van der Waals surface area contributed by atoms with Crippen LogP contribution in [0.4, 0.5) is 10.8 Å². The fraction of sp³-hybridized carbons (Fsp3) is 0.250. The first-order valence-electron chi connectivity index (χ1n) is 8.77. The first kappa shape index (κ1) is 17.5. The Hall–Kier alpha value is -2.93. The smallest absolute Gasteiger partial charge is 0.265 e. The van der Waals surface area contributed by atoms with Crippen LogP contribution >= 0.6 is 11.3 Å². The summed E-state index contributed by atoms with van der Waals surface area (Å²) in [6.45, 7) is 4.30. The topological polar surface area (TPSA) is 62.7 Å². The number of ether oxygens (including phenoxy) is 1. The average molecular weight is 381 g/mol. The molecule has 7 heteroatoms. The number of likely N-dealkylation sites (N-methyl/N-ethyl adjacent to an activating group) is 1. The van der Waals surface area contributed by atoms with E-state index in [1.807, 2.05) is 44.2 Å². The van der Waals surface area contributed by atoms with Crippen LogP contribution in [0.1, 0.15) is 12.5 Å². The molecule has 2 heterocycles. The van der Waals surface area contributed by atoms with Gasteiger partial charge in [-0.1, -0.05) is 35.6 Å². The Morgan fingerprint density at radius 2 is 2.07 bits per heavy atom. The zero-order valence-electron chi connectivity index (χ0n) is 15.1. The lowest BCUT2D eigenvalue weighted by molar-refractivity contribution is -0.124. The number of carbonyl (C=O) groups excluding carboxylic acids is 2. The SMILES string of the molecule is CCN(C(=O)CN1C(=O)COc2ccccc21)c1nc2c(C)cccc2s1. The molecule has 4 rings (SSSR count). The molecule has 1 aliphatic rings. The predicted octanol–water partition coefficient (Wildman–Crippen LogP) is 3.38. The number of hydrogen-bond acceptors (Lipinski definition) is 5. The number of thiazole rings is 1. The molecule has 27 heavy (non-hydrogen) atoms. The van der Waals surface area contributed by atoms with E-state index in [1.54, 1.807) is 17.0 Å². The molecule has 0 saturated heterocycles. The number of hydrogen-bond donors (Lipinski definition) is 0. The number of rotatable bonds is 4. The first-order valence-corrected chi connectivity index (χ1v) is 9.59. The number of para-hydroxylation sites is 3. The van der Waals surface area contributed by atoms with Crippen molar-refractivity contribution in [1.29, 1.82) is 0 Å². The van der Waals surface area contributed by atoms with Gasteiger partial charge in [0.25, 0.3) is 5.91 Å². The molecule has 0 fully saturated rings. The summed E-state index contributed by atoms with van der Waals surface area (Å²) < 4.78 is 6.49. The predicted molar refractivity (Wildman–Crippen MR) is 107 cm³/mol.